The summed E-state index contributed by atoms with van der Waals surface area (Å²) in [5.41, 5.74) is 4.34. The number of nitrogens with zero attached hydrogens (tertiary/aromatic N) is 1. The average molecular weight is 445 g/mol. The van der Waals surface area contributed by atoms with Crippen molar-refractivity contribution < 1.29 is 14.3 Å². The van der Waals surface area contributed by atoms with Crippen molar-refractivity contribution in [2.45, 2.75) is 45.6 Å². The zero-order valence-corrected chi connectivity index (χ0v) is 19.3. The number of ether oxygens (including phenoxy) is 1. The van der Waals surface area contributed by atoms with E-state index in [1.165, 1.54) is 11.1 Å². The zero-order chi connectivity index (χ0) is 21.3. The molecule has 1 N–H and O–H groups in total. The van der Waals surface area contributed by atoms with Crippen molar-refractivity contribution in [1.29, 1.82) is 0 Å². The zero-order valence-electron chi connectivity index (χ0n) is 18.5. The van der Waals surface area contributed by atoms with Crippen LogP contribution in [0, 0.1) is 0 Å². The molecule has 0 radical (unpaired) electrons. The van der Waals surface area contributed by atoms with Crippen molar-refractivity contribution in [3.63, 3.8) is 0 Å². The number of carbonyl (C=O) groups excluding carboxylic acids is 2. The number of unbranched alkanes of at least 4 members (excludes halogenated alkanes) is 1. The third-order valence-corrected chi connectivity index (χ3v) is 5.76. The number of ketones is 1. The quantitative estimate of drug-likeness (QED) is 0.440. The van der Waals surface area contributed by atoms with Crippen molar-refractivity contribution in [2.75, 3.05) is 26.7 Å². The van der Waals surface area contributed by atoms with Gasteiger partial charge >= 0.3 is 0 Å². The van der Waals surface area contributed by atoms with E-state index in [1.54, 1.807) is 14.0 Å². The fourth-order valence-corrected chi connectivity index (χ4v) is 3.94. The number of halogens is 1. The van der Waals surface area contributed by atoms with Gasteiger partial charge in [-0.1, -0.05) is 30.3 Å². The molecule has 0 saturated heterocycles. The van der Waals surface area contributed by atoms with Gasteiger partial charge in [0.05, 0.1) is 7.11 Å². The number of methoxy groups -OCH3 is 1. The highest BCUT2D eigenvalue weighted by molar-refractivity contribution is 5.96. The van der Waals surface area contributed by atoms with E-state index in [0.717, 1.165) is 62.2 Å². The topological polar surface area (TPSA) is 58.6 Å². The predicted molar refractivity (Wildman–Crippen MR) is 126 cm³/mol. The summed E-state index contributed by atoms with van der Waals surface area (Å²) < 4.78 is 5.38. The smallest absolute Gasteiger partial charge is 0.219 e. The van der Waals surface area contributed by atoms with E-state index in [-0.39, 0.29) is 24.1 Å². The largest absolute Gasteiger partial charge is 0.496 e. The van der Waals surface area contributed by atoms with E-state index in [4.69, 9.17) is 4.74 Å². The van der Waals surface area contributed by atoms with Crippen LogP contribution >= 0.6 is 12.4 Å². The molecule has 0 atom stereocenters. The molecule has 168 valence electrons. The number of rotatable bonds is 10. The normalized spacial score (nSPS) is 12.6. The van der Waals surface area contributed by atoms with Crippen LogP contribution < -0.4 is 10.1 Å². The lowest BCUT2D eigenvalue weighted by Crippen LogP contribution is -2.34. The van der Waals surface area contributed by atoms with Crippen LogP contribution in [0.1, 0.15) is 53.2 Å². The molecule has 0 saturated carbocycles. The molecule has 0 bridgehead atoms. The lowest BCUT2D eigenvalue weighted by atomic mass is 9.95. The minimum Gasteiger partial charge on any atom is -0.496 e. The first-order chi connectivity index (χ1) is 14.6. The van der Waals surface area contributed by atoms with E-state index in [1.807, 2.05) is 35.2 Å². The van der Waals surface area contributed by atoms with E-state index >= 15 is 0 Å². The highest BCUT2D eigenvalue weighted by Crippen LogP contribution is 2.22. The Labute approximate surface area is 191 Å². The highest BCUT2D eigenvalue weighted by Gasteiger charge is 2.19. The molecule has 2 aromatic rings. The molecule has 0 aliphatic carbocycles. The van der Waals surface area contributed by atoms with E-state index in [0.29, 0.717) is 13.0 Å². The Balaban J connectivity index is 0.00000341. The summed E-state index contributed by atoms with van der Waals surface area (Å²) in [4.78, 5) is 26.1. The number of amides is 1. The van der Waals surface area contributed by atoms with Crippen molar-refractivity contribution in [1.82, 2.24) is 10.2 Å². The van der Waals surface area contributed by atoms with Crippen LogP contribution in [0.25, 0.3) is 0 Å². The molecule has 0 unspecified atom stereocenters. The van der Waals surface area contributed by atoms with Crippen LogP contribution in [-0.4, -0.2) is 43.3 Å². The first-order valence-electron chi connectivity index (χ1n) is 10.8. The molecule has 31 heavy (non-hydrogen) atoms. The number of Topliss-reactive ketones (excluding diaryl/α,β-unsaturated/α-hetero) is 1. The van der Waals surface area contributed by atoms with Gasteiger partial charge in [-0.25, -0.2) is 0 Å². The summed E-state index contributed by atoms with van der Waals surface area (Å²) in [6.45, 7) is 4.78. The van der Waals surface area contributed by atoms with Gasteiger partial charge in [0.25, 0.3) is 0 Å². The molecule has 0 spiro atoms. The van der Waals surface area contributed by atoms with Gasteiger partial charge in [0.15, 0.2) is 5.78 Å². The third-order valence-electron chi connectivity index (χ3n) is 5.76. The second-order valence-corrected chi connectivity index (χ2v) is 7.87. The van der Waals surface area contributed by atoms with Crippen LogP contribution in [0.5, 0.6) is 5.75 Å². The van der Waals surface area contributed by atoms with Crippen molar-refractivity contribution >= 4 is 24.1 Å². The number of hydrogen-bond donors (Lipinski definition) is 1. The molecule has 6 heteroatoms. The molecule has 1 amide bonds. The van der Waals surface area contributed by atoms with Gasteiger partial charge in [-0.15, -0.1) is 12.4 Å². The van der Waals surface area contributed by atoms with Gasteiger partial charge in [-0.3, -0.25) is 9.59 Å². The van der Waals surface area contributed by atoms with Gasteiger partial charge in [0.1, 0.15) is 5.75 Å². The average Bonchev–Trinajstić information content (AvgIpc) is 2.77. The monoisotopic (exact) mass is 444 g/mol. The minimum absolute atomic E-state index is 0. The maximum atomic E-state index is 12.6. The Morgan fingerprint density at radius 3 is 2.65 bits per heavy atom. The standard InChI is InChI=1S/C25H32N2O3.ClH/c1-19(28)27-16-13-20-10-11-22(17-23(20)18-27)24(29)8-5-6-14-26-15-12-21-7-3-4-9-25(21)30-2;/h3-4,7,9-11,17,26H,5-6,8,12-16,18H2,1-2H3;1H. The number of benzene rings is 2. The first kappa shape index (κ1) is 24.9. The summed E-state index contributed by atoms with van der Waals surface area (Å²) in [6.07, 6.45) is 4.19. The molecule has 0 aromatic heterocycles. The lowest BCUT2D eigenvalue weighted by molar-refractivity contribution is -0.129. The van der Waals surface area contributed by atoms with Gasteiger partial charge in [0, 0.05) is 32.0 Å². The van der Waals surface area contributed by atoms with E-state index in [2.05, 4.69) is 17.4 Å². The fraction of sp³-hybridized carbons (Fsp3) is 0.440. The Morgan fingerprint density at radius 1 is 1.06 bits per heavy atom. The first-order valence-corrected chi connectivity index (χ1v) is 10.8. The molecule has 2 aromatic carbocycles. The second kappa shape index (κ2) is 12.5. The third kappa shape index (κ3) is 7.08. The van der Waals surface area contributed by atoms with Gasteiger partial charge < -0.3 is 15.0 Å². The Kier molecular flexibility index (Phi) is 10.0. The van der Waals surface area contributed by atoms with Gasteiger partial charge in [0.2, 0.25) is 5.91 Å². The Bertz CT molecular complexity index is 885. The molecule has 1 heterocycles. The van der Waals surface area contributed by atoms with Crippen LogP contribution in [0.3, 0.4) is 0 Å². The molecule has 1 aliphatic heterocycles. The van der Waals surface area contributed by atoms with Crippen LogP contribution in [0.4, 0.5) is 0 Å². The molecule has 5 nitrogen and oxygen atoms in total. The number of nitrogens with one attached hydrogen (secondary N) is 1. The number of fused-ring (bicyclic) bond motifs is 1. The summed E-state index contributed by atoms with van der Waals surface area (Å²) >= 11 is 0. The molecule has 3 rings (SSSR count). The van der Waals surface area contributed by atoms with Gasteiger partial charge in [-0.2, -0.15) is 0 Å². The van der Waals surface area contributed by atoms with E-state index < -0.39 is 0 Å². The van der Waals surface area contributed by atoms with Crippen LogP contribution in [0.15, 0.2) is 42.5 Å². The summed E-state index contributed by atoms with van der Waals surface area (Å²) in [7, 11) is 1.70. The molecular formula is C25H33ClN2O3. The molecule has 0 fully saturated rings. The second-order valence-electron chi connectivity index (χ2n) is 7.87. The summed E-state index contributed by atoms with van der Waals surface area (Å²) in [5, 5.41) is 3.45. The number of hydrogen-bond acceptors (Lipinski definition) is 4. The van der Waals surface area contributed by atoms with Crippen molar-refractivity contribution in [3.8, 4) is 5.75 Å². The SMILES string of the molecule is COc1ccccc1CCNCCCCC(=O)c1ccc2c(c1)CN(C(C)=O)CC2.Cl. The van der Waals surface area contributed by atoms with E-state index in [9.17, 15) is 9.59 Å². The molecule has 1 aliphatic rings. The fourth-order valence-electron chi connectivity index (χ4n) is 3.94. The maximum absolute atomic E-state index is 12.6. The lowest BCUT2D eigenvalue weighted by Gasteiger charge is -2.28. The van der Waals surface area contributed by atoms with Gasteiger partial charge in [-0.05, 0) is 67.6 Å². The maximum Gasteiger partial charge on any atom is 0.219 e. The van der Waals surface area contributed by atoms with Crippen LogP contribution in [0.2, 0.25) is 0 Å². The Morgan fingerprint density at radius 2 is 1.87 bits per heavy atom. The van der Waals surface area contributed by atoms with Crippen molar-refractivity contribution in [2.24, 2.45) is 0 Å². The Hall–Kier alpha value is -2.37. The predicted octanol–water partition coefficient (Wildman–Crippen LogP) is 4.21. The minimum atomic E-state index is 0. The van der Waals surface area contributed by atoms with Crippen LogP contribution in [-0.2, 0) is 24.2 Å². The number of para-hydroxylation sites is 1. The summed E-state index contributed by atoms with van der Waals surface area (Å²) in [6, 6.07) is 14.1. The van der Waals surface area contributed by atoms with Crippen molar-refractivity contribution in [3.05, 3.63) is 64.7 Å². The summed E-state index contributed by atoms with van der Waals surface area (Å²) in [5.74, 6) is 1.21. The number of carbonyl (C=O) groups is 2. The highest BCUT2D eigenvalue weighted by atomic mass is 35.5. The molecular weight excluding hydrogens is 412 g/mol.